The maximum absolute atomic E-state index is 12.1. The van der Waals surface area contributed by atoms with E-state index in [4.69, 9.17) is 5.41 Å². The first-order valence-corrected chi connectivity index (χ1v) is 7.25. The number of aromatic amines is 1. The normalized spacial score (nSPS) is 10.3. The zero-order chi connectivity index (χ0) is 14.5. The Hall–Kier alpha value is -2.08. The molecule has 0 saturated heterocycles. The number of aromatic nitrogens is 2. The van der Waals surface area contributed by atoms with Crippen LogP contribution in [0.1, 0.15) is 12.6 Å². The summed E-state index contributed by atoms with van der Waals surface area (Å²) in [5, 5.41) is 11.2. The van der Waals surface area contributed by atoms with Crippen LogP contribution in [-0.4, -0.2) is 27.8 Å². The minimum Gasteiger partial charge on any atom is -0.382 e. The van der Waals surface area contributed by atoms with Gasteiger partial charge in [0.15, 0.2) is 0 Å². The van der Waals surface area contributed by atoms with E-state index in [1.54, 1.807) is 7.05 Å². The van der Waals surface area contributed by atoms with Crippen LogP contribution in [-0.2, 0) is 0 Å². The summed E-state index contributed by atoms with van der Waals surface area (Å²) >= 11 is 1.35. The molecule has 104 valence electrons. The Morgan fingerprint density at radius 1 is 1.40 bits per heavy atom. The third kappa shape index (κ3) is 2.91. The summed E-state index contributed by atoms with van der Waals surface area (Å²) < 4.78 is 0. The standard InChI is InChI=1S/C14H16N4OS/c1-3-20-12(15)10-11(16-2)14(19)18-13(17-10)9-7-5-4-6-8-9/h4-8,15-16H,3H2,1-2H3,(H,17,18,19). The summed E-state index contributed by atoms with van der Waals surface area (Å²) in [6, 6.07) is 9.41. The van der Waals surface area contributed by atoms with E-state index < -0.39 is 0 Å². The number of thioether (sulfide) groups is 1. The Morgan fingerprint density at radius 3 is 2.70 bits per heavy atom. The van der Waals surface area contributed by atoms with Crippen LogP contribution >= 0.6 is 11.8 Å². The Labute approximate surface area is 121 Å². The van der Waals surface area contributed by atoms with Gasteiger partial charge in [-0.1, -0.05) is 37.3 Å². The van der Waals surface area contributed by atoms with Gasteiger partial charge in [0.2, 0.25) is 0 Å². The number of rotatable bonds is 4. The molecule has 0 amide bonds. The van der Waals surface area contributed by atoms with Crippen molar-refractivity contribution in [3.63, 3.8) is 0 Å². The van der Waals surface area contributed by atoms with Gasteiger partial charge in [-0.2, -0.15) is 0 Å². The van der Waals surface area contributed by atoms with Crippen molar-refractivity contribution >= 4 is 22.5 Å². The highest BCUT2D eigenvalue weighted by Gasteiger charge is 2.15. The maximum Gasteiger partial charge on any atom is 0.275 e. The van der Waals surface area contributed by atoms with Gasteiger partial charge in [0, 0.05) is 12.6 Å². The molecule has 0 spiro atoms. The Balaban J connectivity index is 2.58. The Kier molecular flexibility index (Phi) is 4.57. The van der Waals surface area contributed by atoms with Crippen LogP contribution in [0.25, 0.3) is 11.4 Å². The van der Waals surface area contributed by atoms with E-state index in [0.29, 0.717) is 22.2 Å². The van der Waals surface area contributed by atoms with Gasteiger partial charge in [-0.25, -0.2) is 4.98 Å². The van der Waals surface area contributed by atoms with Crippen molar-refractivity contribution in [1.29, 1.82) is 5.41 Å². The number of nitrogens with zero attached hydrogens (tertiary/aromatic N) is 1. The predicted molar refractivity (Wildman–Crippen MR) is 84.8 cm³/mol. The zero-order valence-corrected chi connectivity index (χ0v) is 12.2. The second kappa shape index (κ2) is 6.38. The Morgan fingerprint density at radius 2 is 2.10 bits per heavy atom. The van der Waals surface area contributed by atoms with Gasteiger partial charge < -0.3 is 10.3 Å². The maximum atomic E-state index is 12.1. The van der Waals surface area contributed by atoms with Crippen LogP contribution in [0.5, 0.6) is 0 Å². The van der Waals surface area contributed by atoms with E-state index >= 15 is 0 Å². The highest BCUT2D eigenvalue weighted by Crippen LogP contribution is 2.19. The minimum atomic E-state index is -0.266. The smallest absolute Gasteiger partial charge is 0.275 e. The third-order valence-electron chi connectivity index (χ3n) is 2.72. The lowest BCUT2D eigenvalue weighted by Gasteiger charge is -2.10. The van der Waals surface area contributed by atoms with Crippen molar-refractivity contribution < 1.29 is 0 Å². The lowest BCUT2D eigenvalue weighted by molar-refractivity contribution is 1.11. The van der Waals surface area contributed by atoms with Gasteiger partial charge >= 0.3 is 0 Å². The van der Waals surface area contributed by atoms with Crippen molar-refractivity contribution in [3.05, 3.63) is 46.4 Å². The molecule has 0 atom stereocenters. The van der Waals surface area contributed by atoms with Crippen LogP contribution in [0.3, 0.4) is 0 Å². The fourth-order valence-electron chi connectivity index (χ4n) is 1.81. The molecule has 0 radical (unpaired) electrons. The van der Waals surface area contributed by atoms with Crippen LogP contribution in [0, 0.1) is 5.41 Å². The van der Waals surface area contributed by atoms with Crippen molar-refractivity contribution in [1.82, 2.24) is 9.97 Å². The predicted octanol–water partition coefficient (Wildman–Crippen LogP) is 2.56. The molecule has 0 aliphatic rings. The quantitative estimate of drug-likeness (QED) is 0.596. The lowest BCUT2D eigenvalue weighted by atomic mass is 10.2. The highest BCUT2D eigenvalue weighted by atomic mass is 32.2. The molecule has 2 rings (SSSR count). The van der Waals surface area contributed by atoms with Crippen LogP contribution in [0.4, 0.5) is 5.69 Å². The molecule has 0 saturated carbocycles. The first kappa shape index (κ1) is 14.3. The lowest BCUT2D eigenvalue weighted by Crippen LogP contribution is -2.19. The molecule has 1 aromatic carbocycles. The van der Waals surface area contributed by atoms with E-state index in [1.807, 2.05) is 37.3 Å². The summed E-state index contributed by atoms with van der Waals surface area (Å²) in [5.74, 6) is 1.24. The van der Waals surface area contributed by atoms with E-state index in [2.05, 4.69) is 15.3 Å². The van der Waals surface area contributed by atoms with E-state index in [9.17, 15) is 4.79 Å². The van der Waals surface area contributed by atoms with Gasteiger partial charge in [0.25, 0.3) is 5.56 Å². The van der Waals surface area contributed by atoms with Crippen LogP contribution < -0.4 is 10.9 Å². The van der Waals surface area contributed by atoms with Gasteiger partial charge in [-0.05, 0) is 5.75 Å². The average Bonchev–Trinajstić information content (AvgIpc) is 2.47. The molecule has 0 aliphatic heterocycles. The topological polar surface area (TPSA) is 81.6 Å². The summed E-state index contributed by atoms with van der Waals surface area (Å²) in [6.45, 7) is 1.96. The van der Waals surface area contributed by atoms with Crippen LogP contribution in [0.15, 0.2) is 35.1 Å². The van der Waals surface area contributed by atoms with Crippen molar-refractivity contribution in [2.24, 2.45) is 0 Å². The molecule has 0 unspecified atom stereocenters. The summed E-state index contributed by atoms with van der Waals surface area (Å²) in [4.78, 5) is 19.3. The second-order valence-electron chi connectivity index (χ2n) is 4.02. The first-order valence-electron chi connectivity index (χ1n) is 6.26. The number of anilines is 1. The number of hydrogen-bond donors (Lipinski definition) is 3. The molecule has 6 heteroatoms. The van der Waals surface area contributed by atoms with Gasteiger partial charge in [-0.3, -0.25) is 10.2 Å². The van der Waals surface area contributed by atoms with Crippen molar-refractivity contribution in [2.75, 3.05) is 18.1 Å². The number of nitrogens with one attached hydrogen (secondary N) is 3. The molecule has 1 heterocycles. The molecule has 2 aromatic rings. The van der Waals surface area contributed by atoms with Gasteiger partial charge in [0.1, 0.15) is 22.2 Å². The van der Waals surface area contributed by atoms with Crippen molar-refractivity contribution in [2.45, 2.75) is 6.92 Å². The third-order valence-corrected chi connectivity index (χ3v) is 3.49. The van der Waals surface area contributed by atoms with Gasteiger partial charge in [0.05, 0.1) is 0 Å². The van der Waals surface area contributed by atoms with Gasteiger partial charge in [-0.15, -0.1) is 11.8 Å². The molecule has 1 aromatic heterocycles. The number of benzene rings is 1. The number of H-pyrrole nitrogens is 1. The molecule has 0 fully saturated rings. The largest absolute Gasteiger partial charge is 0.382 e. The monoisotopic (exact) mass is 288 g/mol. The highest BCUT2D eigenvalue weighted by molar-refractivity contribution is 8.14. The SMILES string of the molecule is CCSC(=N)c1nc(-c2ccccc2)[nH]c(=O)c1NC. The minimum absolute atomic E-state index is 0.266. The Bertz CT molecular complexity index is 667. The summed E-state index contributed by atoms with van der Waals surface area (Å²) in [6.07, 6.45) is 0. The second-order valence-corrected chi connectivity index (χ2v) is 5.29. The average molecular weight is 288 g/mol. The summed E-state index contributed by atoms with van der Waals surface area (Å²) in [7, 11) is 1.65. The van der Waals surface area contributed by atoms with E-state index in [0.717, 1.165) is 11.3 Å². The number of hydrogen-bond acceptors (Lipinski definition) is 5. The molecule has 5 nitrogen and oxygen atoms in total. The molecule has 3 N–H and O–H groups in total. The molecule has 0 bridgehead atoms. The molecule has 20 heavy (non-hydrogen) atoms. The fraction of sp³-hybridized carbons (Fsp3) is 0.214. The molecule has 0 aliphatic carbocycles. The van der Waals surface area contributed by atoms with Crippen LogP contribution in [0.2, 0.25) is 0 Å². The van der Waals surface area contributed by atoms with E-state index in [-0.39, 0.29) is 5.56 Å². The van der Waals surface area contributed by atoms with Crippen molar-refractivity contribution in [3.8, 4) is 11.4 Å². The zero-order valence-electron chi connectivity index (χ0n) is 11.4. The molecular formula is C14H16N4OS. The van der Waals surface area contributed by atoms with E-state index in [1.165, 1.54) is 11.8 Å². The molecular weight excluding hydrogens is 272 g/mol. The fourth-order valence-corrected chi connectivity index (χ4v) is 2.39. The first-order chi connectivity index (χ1) is 9.67. The summed E-state index contributed by atoms with van der Waals surface area (Å²) in [5.41, 5.74) is 1.28.